The van der Waals surface area contributed by atoms with Crippen LogP contribution in [0.3, 0.4) is 0 Å². The number of aromatic nitrogens is 2. The number of hydrogen-bond acceptors (Lipinski definition) is 4. The third-order valence-electron chi connectivity index (χ3n) is 4.06. The van der Waals surface area contributed by atoms with E-state index in [2.05, 4.69) is 21.0 Å². The Morgan fingerprint density at radius 2 is 1.85 bits per heavy atom. The van der Waals surface area contributed by atoms with Gasteiger partial charge in [0.05, 0.1) is 5.69 Å². The van der Waals surface area contributed by atoms with Crippen LogP contribution >= 0.6 is 15.9 Å². The van der Waals surface area contributed by atoms with Crippen LogP contribution in [0.25, 0.3) is 16.9 Å². The molecule has 1 amide bonds. The Morgan fingerprint density at radius 1 is 1.15 bits per heavy atom. The molecule has 1 fully saturated rings. The van der Waals surface area contributed by atoms with Crippen LogP contribution in [-0.4, -0.2) is 32.6 Å². The first-order valence-corrected chi connectivity index (χ1v) is 8.56. The summed E-state index contributed by atoms with van der Waals surface area (Å²) in [5, 5.41) is 15.1. The van der Waals surface area contributed by atoms with Crippen molar-refractivity contribution in [1.29, 1.82) is 0 Å². The highest BCUT2D eigenvalue weighted by molar-refractivity contribution is 9.10. The molecule has 0 unspecified atom stereocenters. The van der Waals surface area contributed by atoms with Crippen LogP contribution in [0.15, 0.2) is 59.2 Å². The number of hydroxylamine groups is 2. The van der Waals surface area contributed by atoms with Crippen LogP contribution < -0.4 is 0 Å². The molecular weight excluding hydrogens is 405 g/mol. The van der Waals surface area contributed by atoms with Gasteiger partial charge in [0.15, 0.2) is 6.23 Å². The lowest BCUT2D eigenvalue weighted by atomic mass is 10.1. The lowest BCUT2D eigenvalue weighted by Gasteiger charge is -2.15. The van der Waals surface area contributed by atoms with E-state index in [9.17, 15) is 14.4 Å². The molecular formula is C18H13BrFN3O3. The minimum atomic E-state index is -0.966. The van der Waals surface area contributed by atoms with Crippen molar-refractivity contribution in [1.82, 2.24) is 14.8 Å². The summed E-state index contributed by atoms with van der Waals surface area (Å²) >= 11 is 3.39. The maximum atomic E-state index is 13.3. The summed E-state index contributed by atoms with van der Waals surface area (Å²) in [6.07, 6.45) is 0.723. The molecule has 8 heteroatoms. The molecule has 1 atom stereocenters. The summed E-state index contributed by atoms with van der Waals surface area (Å²) in [6, 6.07) is 13.3. The van der Waals surface area contributed by atoms with Gasteiger partial charge in [-0.15, -0.1) is 0 Å². The summed E-state index contributed by atoms with van der Waals surface area (Å²) in [7, 11) is 0. The smallest absolute Gasteiger partial charge is 0.274 e. The second-order valence-corrected chi connectivity index (χ2v) is 6.68. The van der Waals surface area contributed by atoms with Crippen molar-refractivity contribution in [3.8, 4) is 16.9 Å². The fraction of sp³-hybridized carbons (Fsp3) is 0.111. The Bertz CT molecular complexity index is 957. The van der Waals surface area contributed by atoms with E-state index in [1.54, 1.807) is 23.0 Å². The Hall–Kier alpha value is -2.55. The van der Waals surface area contributed by atoms with E-state index in [0.717, 1.165) is 10.2 Å². The summed E-state index contributed by atoms with van der Waals surface area (Å²) in [5.41, 5.74) is 2.43. The molecule has 3 aromatic rings. The van der Waals surface area contributed by atoms with Gasteiger partial charge in [-0.1, -0.05) is 15.9 Å². The topological polar surface area (TPSA) is 67.6 Å². The van der Waals surface area contributed by atoms with E-state index < -0.39 is 12.1 Å². The highest BCUT2D eigenvalue weighted by Crippen LogP contribution is 2.34. The molecule has 2 heterocycles. The Balaban J connectivity index is 1.83. The average Bonchev–Trinajstić information content (AvgIpc) is 3.21. The molecule has 1 aliphatic heterocycles. The van der Waals surface area contributed by atoms with Gasteiger partial charge >= 0.3 is 0 Å². The molecule has 132 valence electrons. The summed E-state index contributed by atoms with van der Waals surface area (Å²) < 4.78 is 21.2. The predicted molar refractivity (Wildman–Crippen MR) is 94.0 cm³/mol. The van der Waals surface area contributed by atoms with Crippen LogP contribution in [0.5, 0.6) is 0 Å². The number of ether oxygens (including phenoxy) is 1. The second-order valence-electron chi connectivity index (χ2n) is 5.76. The van der Waals surface area contributed by atoms with Gasteiger partial charge < -0.3 is 4.74 Å². The van der Waals surface area contributed by atoms with Crippen LogP contribution in [0.2, 0.25) is 0 Å². The zero-order chi connectivity index (χ0) is 18.3. The van der Waals surface area contributed by atoms with Gasteiger partial charge in [0.2, 0.25) is 0 Å². The maximum Gasteiger partial charge on any atom is 0.274 e. The highest BCUT2D eigenvalue weighted by atomic mass is 79.9. The number of amides is 1. The van der Waals surface area contributed by atoms with Crippen molar-refractivity contribution in [2.75, 3.05) is 6.61 Å². The number of rotatable bonds is 3. The lowest BCUT2D eigenvalue weighted by Crippen LogP contribution is -2.24. The Kier molecular flexibility index (Phi) is 4.31. The number of carbonyl (C=O) groups excluding carboxylic acids is 1. The molecule has 0 radical (unpaired) electrons. The first-order valence-electron chi connectivity index (χ1n) is 7.77. The van der Waals surface area contributed by atoms with Gasteiger partial charge in [-0.2, -0.15) is 10.2 Å². The van der Waals surface area contributed by atoms with Gasteiger partial charge in [0.1, 0.15) is 18.1 Å². The van der Waals surface area contributed by atoms with Crippen LogP contribution in [0.4, 0.5) is 4.39 Å². The molecule has 4 rings (SSSR count). The van der Waals surface area contributed by atoms with E-state index in [0.29, 0.717) is 21.9 Å². The molecule has 0 spiro atoms. The van der Waals surface area contributed by atoms with Crippen LogP contribution in [-0.2, 0) is 9.53 Å². The molecule has 1 aromatic heterocycles. The quantitative estimate of drug-likeness (QED) is 0.659. The van der Waals surface area contributed by atoms with Gasteiger partial charge in [-0.25, -0.2) is 9.07 Å². The molecule has 0 saturated carbocycles. The Labute approximate surface area is 156 Å². The molecule has 1 aliphatic rings. The van der Waals surface area contributed by atoms with E-state index >= 15 is 0 Å². The van der Waals surface area contributed by atoms with Crippen molar-refractivity contribution in [3.63, 3.8) is 0 Å². The lowest BCUT2D eigenvalue weighted by molar-refractivity contribution is -0.178. The molecule has 1 saturated heterocycles. The zero-order valence-electron chi connectivity index (χ0n) is 13.3. The van der Waals surface area contributed by atoms with E-state index in [4.69, 9.17) is 4.74 Å². The molecule has 0 bridgehead atoms. The SMILES string of the molecule is O=C1CO[C@@H](c2cn(-c3ccc(Br)cc3)nc2-c2ccc(F)cc2)N1O. The normalized spacial score (nSPS) is 17.1. The fourth-order valence-corrected chi connectivity index (χ4v) is 3.03. The van der Waals surface area contributed by atoms with Crippen LogP contribution in [0.1, 0.15) is 11.8 Å². The zero-order valence-corrected chi connectivity index (χ0v) is 14.9. The molecule has 26 heavy (non-hydrogen) atoms. The average molecular weight is 418 g/mol. The van der Waals surface area contributed by atoms with Gasteiger partial charge in [0, 0.05) is 21.8 Å². The third kappa shape index (κ3) is 3.03. The fourth-order valence-electron chi connectivity index (χ4n) is 2.77. The first kappa shape index (κ1) is 16.9. The van der Waals surface area contributed by atoms with Crippen molar-refractivity contribution < 1.29 is 19.1 Å². The summed E-state index contributed by atoms with van der Waals surface area (Å²) in [6.45, 7) is -0.215. The molecule has 0 aliphatic carbocycles. The maximum absolute atomic E-state index is 13.3. The van der Waals surface area contributed by atoms with Crippen molar-refractivity contribution in [2.24, 2.45) is 0 Å². The molecule has 6 nitrogen and oxygen atoms in total. The monoisotopic (exact) mass is 417 g/mol. The van der Waals surface area contributed by atoms with Crippen molar-refractivity contribution in [2.45, 2.75) is 6.23 Å². The van der Waals surface area contributed by atoms with Crippen LogP contribution in [0, 0.1) is 5.82 Å². The number of benzene rings is 2. The minimum absolute atomic E-state index is 0.215. The Morgan fingerprint density at radius 3 is 2.46 bits per heavy atom. The van der Waals surface area contributed by atoms with Crippen molar-refractivity contribution >= 4 is 21.8 Å². The highest BCUT2D eigenvalue weighted by Gasteiger charge is 2.35. The third-order valence-corrected chi connectivity index (χ3v) is 4.59. The van der Waals surface area contributed by atoms with E-state index in [1.165, 1.54) is 12.1 Å². The molecule has 2 aromatic carbocycles. The number of nitrogens with zero attached hydrogens (tertiary/aromatic N) is 3. The molecule has 1 N–H and O–H groups in total. The summed E-state index contributed by atoms with van der Waals surface area (Å²) in [5.74, 6) is -0.893. The standard InChI is InChI=1S/C18H13BrFN3O3/c19-12-3-7-14(8-4-12)22-9-15(18-23(25)16(24)10-26-18)17(21-22)11-1-5-13(20)6-2-11/h1-9,18,25H,10H2/t18-/m0/s1. The summed E-state index contributed by atoms with van der Waals surface area (Å²) in [4.78, 5) is 11.6. The predicted octanol–water partition coefficient (Wildman–Crippen LogP) is 3.69. The largest absolute Gasteiger partial charge is 0.342 e. The van der Waals surface area contributed by atoms with E-state index in [-0.39, 0.29) is 12.4 Å². The number of halogens is 2. The number of carbonyl (C=O) groups is 1. The first-order chi connectivity index (χ1) is 12.5. The van der Waals surface area contributed by atoms with E-state index in [1.807, 2.05) is 24.3 Å². The minimum Gasteiger partial charge on any atom is -0.342 e. The second kappa shape index (κ2) is 6.64. The number of hydrogen-bond donors (Lipinski definition) is 1. The van der Waals surface area contributed by atoms with Crippen molar-refractivity contribution in [3.05, 3.63) is 70.6 Å². The van der Waals surface area contributed by atoms with Gasteiger partial charge in [-0.05, 0) is 48.5 Å². The van der Waals surface area contributed by atoms with Gasteiger partial charge in [0.25, 0.3) is 5.91 Å². The van der Waals surface area contributed by atoms with Gasteiger partial charge in [-0.3, -0.25) is 10.0 Å².